The fourth-order valence-corrected chi connectivity index (χ4v) is 4.61. The van der Waals surface area contributed by atoms with Gasteiger partial charge in [0.25, 0.3) is 5.91 Å². The predicted octanol–water partition coefficient (Wildman–Crippen LogP) is 3.80. The van der Waals surface area contributed by atoms with Gasteiger partial charge in [-0.1, -0.05) is 32.1 Å². The molecule has 2 fully saturated rings. The Kier molecular flexibility index (Phi) is 6.53. The lowest BCUT2D eigenvalue weighted by Gasteiger charge is -2.34. The van der Waals surface area contributed by atoms with Gasteiger partial charge in [0.2, 0.25) is 0 Å². The number of pyridine rings is 1. The quantitative estimate of drug-likeness (QED) is 0.762. The van der Waals surface area contributed by atoms with Crippen molar-refractivity contribution in [1.29, 1.82) is 0 Å². The second kappa shape index (κ2) is 9.47. The van der Waals surface area contributed by atoms with E-state index in [4.69, 9.17) is 5.73 Å². The number of amides is 1. The van der Waals surface area contributed by atoms with Crippen LogP contribution in [-0.2, 0) is 6.42 Å². The first kappa shape index (κ1) is 20.7. The number of hydrogen-bond acceptors (Lipinski definition) is 5. The number of primary amides is 1. The second-order valence-corrected chi connectivity index (χ2v) is 8.77. The third kappa shape index (κ3) is 5.11. The fourth-order valence-electron chi connectivity index (χ4n) is 4.61. The van der Waals surface area contributed by atoms with Crippen molar-refractivity contribution in [2.45, 2.75) is 38.5 Å². The Balaban J connectivity index is 1.47. The molecule has 1 aliphatic carbocycles. The maximum Gasteiger partial charge on any atom is 0.269 e. The van der Waals surface area contributed by atoms with E-state index in [1.807, 2.05) is 6.20 Å². The van der Waals surface area contributed by atoms with Crippen LogP contribution in [0.15, 0.2) is 36.5 Å². The normalized spacial score (nSPS) is 18.4. The summed E-state index contributed by atoms with van der Waals surface area (Å²) in [5.74, 6) is 0.214. The van der Waals surface area contributed by atoms with Gasteiger partial charge in [0.1, 0.15) is 0 Å². The van der Waals surface area contributed by atoms with Gasteiger partial charge in [-0.3, -0.25) is 4.79 Å². The number of nitrogens with zero attached hydrogens (tertiary/aromatic N) is 3. The van der Waals surface area contributed by atoms with Crippen molar-refractivity contribution in [2.75, 3.05) is 43.4 Å². The highest BCUT2D eigenvalue weighted by Gasteiger charge is 2.17. The summed E-state index contributed by atoms with van der Waals surface area (Å²) < 4.78 is 0. The number of likely N-dealkylation sites (N-methyl/N-ethyl adjacent to an activating group) is 1. The number of rotatable bonds is 6. The molecule has 1 aromatic carbocycles. The van der Waals surface area contributed by atoms with Crippen LogP contribution in [0, 0.1) is 5.92 Å². The van der Waals surface area contributed by atoms with Crippen LogP contribution in [0.5, 0.6) is 0 Å². The molecule has 2 aromatic rings. The van der Waals surface area contributed by atoms with Gasteiger partial charge in [-0.25, -0.2) is 4.98 Å². The molecule has 160 valence electrons. The molecule has 0 atom stereocenters. The smallest absolute Gasteiger partial charge is 0.269 e. The van der Waals surface area contributed by atoms with Crippen molar-refractivity contribution < 1.29 is 4.79 Å². The molecule has 6 heteroatoms. The van der Waals surface area contributed by atoms with Crippen LogP contribution < -0.4 is 16.0 Å². The molecule has 4 rings (SSSR count). The first-order valence-electron chi connectivity index (χ1n) is 11.2. The van der Waals surface area contributed by atoms with Crippen LogP contribution >= 0.6 is 0 Å². The van der Waals surface area contributed by atoms with Crippen LogP contribution in [0.25, 0.3) is 0 Å². The van der Waals surface area contributed by atoms with Gasteiger partial charge in [-0.05, 0) is 55.3 Å². The molecule has 2 aliphatic rings. The highest BCUT2D eigenvalue weighted by atomic mass is 16.1. The summed E-state index contributed by atoms with van der Waals surface area (Å²) in [7, 11) is 2.16. The van der Waals surface area contributed by atoms with Crippen LogP contribution in [0.1, 0.15) is 48.2 Å². The summed E-state index contributed by atoms with van der Waals surface area (Å²) in [5.41, 5.74) is 9.91. The Morgan fingerprint density at radius 3 is 2.47 bits per heavy atom. The Labute approximate surface area is 179 Å². The average Bonchev–Trinajstić information content (AvgIpc) is 2.76. The number of anilines is 3. The maximum atomic E-state index is 11.9. The molecule has 6 nitrogen and oxygen atoms in total. The highest BCUT2D eigenvalue weighted by Crippen LogP contribution is 2.29. The van der Waals surface area contributed by atoms with E-state index in [2.05, 4.69) is 57.5 Å². The Morgan fingerprint density at radius 2 is 1.80 bits per heavy atom. The SMILES string of the molecule is CN1CCN(c2ccc(Nc3cc(CC4CCCCC4)cnc3C(N)=O)cc2)CC1. The van der Waals surface area contributed by atoms with E-state index in [0.717, 1.165) is 44.2 Å². The van der Waals surface area contributed by atoms with Crippen molar-refractivity contribution in [1.82, 2.24) is 9.88 Å². The molecule has 1 saturated carbocycles. The molecule has 0 radical (unpaired) electrons. The molecule has 30 heavy (non-hydrogen) atoms. The van der Waals surface area contributed by atoms with E-state index in [1.54, 1.807) is 0 Å². The van der Waals surface area contributed by atoms with Crippen LogP contribution in [0.2, 0.25) is 0 Å². The summed E-state index contributed by atoms with van der Waals surface area (Å²) in [6, 6.07) is 10.4. The molecular weight excluding hydrogens is 374 g/mol. The number of piperazine rings is 1. The molecule has 1 amide bonds. The molecule has 1 aliphatic heterocycles. The van der Waals surface area contributed by atoms with Gasteiger partial charge < -0.3 is 20.9 Å². The van der Waals surface area contributed by atoms with E-state index < -0.39 is 5.91 Å². The molecular formula is C24H33N5O. The van der Waals surface area contributed by atoms with E-state index in [0.29, 0.717) is 11.4 Å². The first-order chi connectivity index (χ1) is 14.6. The number of benzene rings is 1. The minimum absolute atomic E-state index is 0.297. The monoisotopic (exact) mass is 407 g/mol. The minimum Gasteiger partial charge on any atom is -0.369 e. The number of nitrogens with one attached hydrogen (secondary N) is 1. The van der Waals surface area contributed by atoms with Gasteiger partial charge >= 0.3 is 0 Å². The zero-order valence-electron chi connectivity index (χ0n) is 17.9. The van der Waals surface area contributed by atoms with E-state index in [1.165, 1.54) is 43.4 Å². The highest BCUT2D eigenvalue weighted by molar-refractivity contribution is 5.97. The van der Waals surface area contributed by atoms with Gasteiger partial charge in [0.05, 0.1) is 5.69 Å². The summed E-state index contributed by atoms with van der Waals surface area (Å²) in [4.78, 5) is 21.1. The summed E-state index contributed by atoms with van der Waals surface area (Å²) in [5, 5.41) is 3.38. The zero-order valence-corrected chi connectivity index (χ0v) is 17.9. The topological polar surface area (TPSA) is 74.5 Å². The summed E-state index contributed by atoms with van der Waals surface area (Å²) >= 11 is 0. The molecule has 1 saturated heterocycles. The second-order valence-electron chi connectivity index (χ2n) is 8.77. The lowest BCUT2D eigenvalue weighted by molar-refractivity contribution is 0.0996. The molecule has 3 N–H and O–H groups in total. The van der Waals surface area contributed by atoms with Crippen LogP contribution in [0.3, 0.4) is 0 Å². The number of carbonyl (C=O) groups excluding carboxylic acids is 1. The molecule has 0 unspecified atom stereocenters. The molecule has 0 spiro atoms. The lowest BCUT2D eigenvalue weighted by atomic mass is 9.85. The van der Waals surface area contributed by atoms with Crippen molar-refractivity contribution in [3.8, 4) is 0 Å². The largest absolute Gasteiger partial charge is 0.369 e. The zero-order chi connectivity index (χ0) is 20.9. The Morgan fingerprint density at radius 1 is 1.10 bits per heavy atom. The Bertz CT molecular complexity index is 852. The minimum atomic E-state index is -0.504. The molecule has 1 aromatic heterocycles. The van der Waals surface area contributed by atoms with Crippen molar-refractivity contribution >= 4 is 23.0 Å². The van der Waals surface area contributed by atoms with Gasteiger partial charge in [0, 0.05) is 43.8 Å². The lowest BCUT2D eigenvalue weighted by Crippen LogP contribution is -2.44. The van der Waals surface area contributed by atoms with Gasteiger partial charge in [0.15, 0.2) is 5.69 Å². The van der Waals surface area contributed by atoms with E-state index in [-0.39, 0.29) is 0 Å². The number of carbonyl (C=O) groups is 1. The molecule has 0 bridgehead atoms. The summed E-state index contributed by atoms with van der Waals surface area (Å²) in [6.07, 6.45) is 9.40. The number of nitrogens with two attached hydrogens (primary N) is 1. The molecule has 2 heterocycles. The number of aromatic nitrogens is 1. The summed E-state index contributed by atoms with van der Waals surface area (Å²) in [6.45, 7) is 4.26. The van der Waals surface area contributed by atoms with Gasteiger partial charge in [-0.2, -0.15) is 0 Å². The first-order valence-corrected chi connectivity index (χ1v) is 11.2. The third-order valence-electron chi connectivity index (χ3n) is 6.44. The predicted molar refractivity (Wildman–Crippen MR) is 122 cm³/mol. The Hall–Kier alpha value is -2.60. The van der Waals surface area contributed by atoms with Gasteiger partial charge in [-0.15, -0.1) is 0 Å². The maximum absolute atomic E-state index is 11.9. The van der Waals surface area contributed by atoms with Crippen LogP contribution in [0.4, 0.5) is 17.1 Å². The fraction of sp³-hybridized carbons (Fsp3) is 0.500. The average molecular weight is 408 g/mol. The standard InChI is InChI=1S/C24H33N5O/c1-28-11-13-29(14-12-28)21-9-7-20(8-10-21)27-22-16-19(17-26-23(22)24(25)30)15-18-5-3-2-4-6-18/h7-10,16-18,27H,2-6,11-15H2,1H3,(H2,25,30). The van der Waals surface area contributed by atoms with Crippen LogP contribution in [-0.4, -0.2) is 49.0 Å². The van der Waals surface area contributed by atoms with E-state index in [9.17, 15) is 4.79 Å². The third-order valence-corrected chi connectivity index (χ3v) is 6.44. The number of hydrogen-bond donors (Lipinski definition) is 2. The van der Waals surface area contributed by atoms with E-state index >= 15 is 0 Å². The van der Waals surface area contributed by atoms with Crippen molar-refractivity contribution in [2.24, 2.45) is 11.7 Å². The van der Waals surface area contributed by atoms with Crippen molar-refractivity contribution in [3.63, 3.8) is 0 Å². The van der Waals surface area contributed by atoms with Crippen molar-refractivity contribution in [3.05, 3.63) is 47.8 Å².